The van der Waals surface area contributed by atoms with Crippen molar-refractivity contribution in [2.24, 2.45) is 5.92 Å². The molecule has 0 radical (unpaired) electrons. The molecule has 1 aromatic carbocycles. The second-order valence-corrected chi connectivity index (χ2v) is 11.0. The molecule has 3 heterocycles. The van der Waals surface area contributed by atoms with Crippen LogP contribution in [0.4, 0.5) is 13.2 Å². The van der Waals surface area contributed by atoms with Crippen molar-refractivity contribution >= 4 is 28.3 Å². The van der Waals surface area contributed by atoms with Crippen molar-refractivity contribution in [3.63, 3.8) is 0 Å². The molecule has 2 aromatic heterocycles. The Morgan fingerprint density at radius 3 is 2.76 bits per heavy atom. The second-order valence-electron chi connectivity index (χ2n) is 9.96. The van der Waals surface area contributed by atoms with Crippen molar-refractivity contribution in [3.05, 3.63) is 40.2 Å². The summed E-state index contributed by atoms with van der Waals surface area (Å²) in [6.07, 6.45) is 2.37. The molecule has 1 saturated carbocycles. The fraction of sp³-hybridized carbons (Fsp3) is 0.577. The Labute approximate surface area is 217 Å². The zero-order valence-corrected chi connectivity index (χ0v) is 21.6. The van der Waals surface area contributed by atoms with Crippen molar-refractivity contribution in [2.45, 2.75) is 64.1 Å². The highest BCUT2D eigenvalue weighted by atomic mass is 32.1. The molecule has 11 heteroatoms. The largest absolute Gasteiger partial charge is 0.460 e. The number of fused-ring (bicyclic) bond motifs is 2. The smallest absolute Gasteiger partial charge is 0.422 e. The molecule has 1 fully saturated rings. The van der Waals surface area contributed by atoms with Crippen molar-refractivity contribution in [1.82, 2.24) is 20.2 Å². The predicted octanol–water partition coefficient (Wildman–Crippen LogP) is 5.31. The molecule has 1 aliphatic heterocycles. The summed E-state index contributed by atoms with van der Waals surface area (Å²) < 4.78 is 47.7. The Morgan fingerprint density at radius 2 is 1.97 bits per heavy atom. The third-order valence-electron chi connectivity index (χ3n) is 7.24. The van der Waals surface area contributed by atoms with Crippen LogP contribution in [-0.4, -0.2) is 59.2 Å². The van der Waals surface area contributed by atoms with Crippen molar-refractivity contribution in [2.75, 3.05) is 26.2 Å². The van der Waals surface area contributed by atoms with Crippen LogP contribution in [0.1, 0.15) is 58.9 Å². The van der Waals surface area contributed by atoms with E-state index in [1.165, 1.54) is 11.3 Å². The van der Waals surface area contributed by atoms with E-state index >= 15 is 0 Å². The number of amides is 1. The number of carbonyl (C=O) groups is 1. The number of benzene rings is 1. The number of hydrogen-bond donors (Lipinski definition) is 1. The van der Waals surface area contributed by atoms with Crippen LogP contribution in [0, 0.1) is 12.8 Å². The number of rotatable bonds is 7. The normalized spacial score (nSPS) is 21.0. The number of oxazole rings is 1. The topological polar surface area (TPSA) is 80.5 Å². The second kappa shape index (κ2) is 11.0. The maximum absolute atomic E-state index is 12.9. The number of carbonyl (C=O) groups excluding carboxylic acids is 1. The molecule has 0 unspecified atom stereocenters. The molecule has 2 aliphatic rings. The van der Waals surface area contributed by atoms with E-state index in [9.17, 15) is 18.0 Å². The number of halogens is 3. The van der Waals surface area contributed by atoms with E-state index in [1.807, 2.05) is 12.1 Å². The van der Waals surface area contributed by atoms with Gasteiger partial charge in [-0.25, -0.2) is 9.97 Å². The van der Waals surface area contributed by atoms with Gasteiger partial charge in [0.15, 0.2) is 18.1 Å². The number of nitrogens with zero attached hydrogens (tertiary/aromatic N) is 3. The Morgan fingerprint density at radius 1 is 1.19 bits per heavy atom. The summed E-state index contributed by atoms with van der Waals surface area (Å²) in [5.74, 6) is 1.07. The zero-order valence-electron chi connectivity index (χ0n) is 20.8. The van der Waals surface area contributed by atoms with Crippen LogP contribution in [0.15, 0.2) is 22.6 Å². The molecule has 1 N–H and O–H groups in total. The zero-order chi connectivity index (χ0) is 26.0. The summed E-state index contributed by atoms with van der Waals surface area (Å²) in [4.78, 5) is 25.0. The lowest BCUT2D eigenvalue weighted by Gasteiger charge is -2.30. The molecule has 7 nitrogen and oxygen atoms in total. The Balaban J connectivity index is 1.04. The van der Waals surface area contributed by atoms with Crippen LogP contribution in [0.3, 0.4) is 0 Å². The first kappa shape index (κ1) is 26.0. The predicted molar refractivity (Wildman–Crippen MR) is 134 cm³/mol. The van der Waals surface area contributed by atoms with Gasteiger partial charge in [0, 0.05) is 37.4 Å². The summed E-state index contributed by atoms with van der Waals surface area (Å²) in [6.45, 7) is 3.22. The molecular formula is C26H31F3N4O3S. The fourth-order valence-electron chi connectivity index (χ4n) is 5.28. The lowest BCUT2D eigenvalue weighted by molar-refractivity contribution is -0.153. The molecule has 200 valence electrons. The van der Waals surface area contributed by atoms with Gasteiger partial charge in [0.05, 0.1) is 11.3 Å². The standard InChI is InChI=1S/C26H31F3N4O3S/c1-16-30-21-4-2-3-19(23(21)36-16)24(34)31-18-7-5-17(6-8-18)9-12-33-13-10-20-22(11-14-33)37-25(32-20)35-15-26(27,28)29/h2-4,17-18H,5-15H2,1H3,(H,31,34). The minimum atomic E-state index is -4.35. The van der Waals surface area contributed by atoms with Gasteiger partial charge in [0.25, 0.3) is 11.1 Å². The molecule has 0 bridgehead atoms. The lowest BCUT2D eigenvalue weighted by Crippen LogP contribution is -2.38. The molecule has 1 aliphatic carbocycles. The number of nitrogens with one attached hydrogen (secondary N) is 1. The SMILES string of the molecule is Cc1nc2cccc(C(=O)NC3CCC(CCN4CCc5nc(OCC(F)(F)F)sc5CC4)CC3)c2o1. The maximum Gasteiger partial charge on any atom is 0.422 e. The van der Waals surface area contributed by atoms with Crippen LogP contribution in [-0.2, 0) is 12.8 Å². The van der Waals surface area contributed by atoms with E-state index in [0.29, 0.717) is 28.5 Å². The van der Waals surface area contributed by atoms with Gasteiger partial charge in [-0.2, -0.15) is 13.2 Å². The molecule has 0 spiro atoms. The van der Waals surface area contributed by atoms with E-state index in [2.05, 4.69) is 20.2 Å². The number of ether oxygens (including phenoxy) is 1. The van der Waals surface area contributed by atoms with Crippen molar-refractivity contribution in [3.8, 4) is 5.19 Å². The first-order valence-corrected chi connectivity index (χ1v) is 13.6. The van der Waals surface area contributed by atoms with Crippen LogP contribution in [0.25, 0.3) is 11.1 Å². The van der Waals surface area contributed by atoms with Gasteiger partial charge in [0.2, 0.25) is 0 Å². The first-order valence-electron chi connectivity index (χ1n) is 12.8. The van der Waals surface area contributed by atoms with E-state index in [-0.39, 0.29) is 17.1 Å². The molecule has 0 saturated heterocycles. The van der Waals surface area contributed by atoms with Crippen molar-refractivity contribution in [1.29, 1.82) is 0 Å². The molecular weight excluding hydrogens is 505 g/mol. The minimum Gasteiger partial charge on any atom is -0.460 e. The quantitative estimate of drug-likeness (QED) is 0.441. The minimum absolute atomic E-state index is 0.109. The van der Waals surface area contributed by atoms with Gasteiger partial charge in [-0.05, 0) is 63.1 Å². The van der Waals surface area contributed by atoms with Crippen LogP contribution >= 0.6 is 11.3 Å². The van der Waals surface area contributed by atoms with Crippen LogP contribution in [0.2, 0.25) is 0 Å². The van der Waals surface area contributed by atoms with Gasteiger partial charge >= 0.3 is 6.18 Å². The number of para-hydroxylation sites is 1. The number of aryl methyl sites for hydroxylation is 1. The van der Waals surface area contributed by atoms with Gasteiger partial charge < -0.3 is 19.4 Å². The molecule has 0 atom stereocenters. The van der Waals surface area contributed by atoms with E-state index in [4.69, 9.17) is 9.15 Å². The highest BCUT2D eigenvalue weighted by Gasteiger charge is 2.30. The van der Waals surface area contributed by atoms with Crippen LogP contribution < -0.4 is 10.1 Å². The third-order valence-corrected chi connectivity index (χ3v) is 8.31. The highest BCUT2D eigenvalue weighted by molar-refractivity contribution is 7.13. The average Bonchev–Trinajstić information content (AvgIpc) is 3.39. The van der Waals surface area contributed by atoms with Gasteiger partial charge in [-0.1, -0.05) is 17.4 Å². The number of alkyl halides is 3. The summed E-state index contributed by atoms with van der Waals surface area (Å²) >= 11 is 1.24. The fourth-order valence-corrected chi connectivity index (χ4v) is 6.22. The third kappa shape index (κ3) is 6.62. The lowest BCUT2D eigenvalue weighted by atomic mass is 9.84. The molecule has 1 amide bonds. The molecule has 3 aromatic rings. The Hall–Kier alpha value is -2.66. The van der Waals surface area contributed by atoms with E-state index in [1.54, 1.807) is 13.0 Å². The van der Waals surface area contributed by atoms with Gasteiger partial charge in [0.1, 0.15) is 5.52 Å². The Bertz CT molecular complexity index is 1210. The Kier molecular flexibility index (Phi) is 7.71. The maximum atomic E-state index is 12.9. The molecule has 37 heavy (non-hydrogen) atoms. The number of thiazole rings is 1. The summed E-state index contributed by atoms with van der Waals surface area (Å²) in [5, 5.41) is 3.30. The van der Waals surface area contributed by atoms with Gasteiger partial charge in [-0.15, -0.1) is 0 Å². The number of hydrogen-bond acceptors (Lipinski definition) is 7. The summed E-state index contributed by atoms with van der Waals surface area (Å²) in [7, 11) is 0. The van der Waals surface area contributed by atoms with Crippen LogP contribution in [0.5, 0.6) is 5.19 Å². The first-order chi connectivity index (χ1) is 17.7. The monoisotopic (exact) mass is 536 g/mol. The van der Waals surface area contributed by atoms with Gasteiger partial charge in [-0.3, -0.25) is 4.79 Å². The summed E-state index contributed by atoms with van der Waals surface area (Å²) in [5.41, 5.74) is 2.64. The average molecular weight is 537 g/mol. The van der Waals surface area contributed by atoms with Crippen molar-refractivity contribution < 1.29 is 27.1 Å². The number of aromatic nitrogens is 2. The summed E-state index contributed by atoms with van der Waals surface area (Å²) in [6, 6.07) is 5.62. The van der Waals surface area contributed by atoms with E-state index in [0.717, 1.165) is 75.2 Å². The van der Waals surface area contributed by atoms with E-state index < -0.39 is 12.8 Å². The highest BCUT2D eigenvalue weighted by Crippen LogP contribution is 2.31. The molecule has 5 rings (SSSR count).